The van der Waals surface area contributed by atoms with E-state index in [0.29, 0.717) is 0 Å². The monoisotopic (exact) mass is 194 g/mol. The third kappa shape index (κ3) is 4.06. The van der Waals surface area contributed by atoms with Gasteiger partial charge in [-0.3, -0.25) is 0 Å². The minimum Gasteiger partial charge on any atom is -0.478 e. The summed E-state index contributed by atoms with van der Waals surface area (Å²) < 4.78 is 0. The van der Waals surface area contributed by atoms with E-state index >= 15 is 0 Å². The summed E-state index contributed by atoms with van der Waals surface area (Å²) in [6.45, 7) is 6.55. The van der Waals surface area contributed by atoms with Crippen LogP contribution >= 0.6 is 0 Å². The fraction of sp³-hybridized carbons (Fsp3) is 0. The number of hydrogen-bond donors (Lipinski definition) is 2. The van der Waals surface area contributed by atoms with E-state index in [1.54, 1.807) is 0 Å². The van der Waals surface area contributed by atoms with Gasteiger partial charge in [0.25, 0.3) is 0 Å². The number of carbonyl (C=O) groups is 2. The van der Waals surface area contributed by atoms with Crippen molar-refractivity contribution >= 4 is 11.9 Å². The van der Waals surface area contributed by atoms with Crippen LogP contribution in [0.4, 0.5) is 0 Å². The average Bonchev–Trinajstić information content (AvgIpc) is 2.10. The Labute approximate surface area is 81.2 Å². The summed E-state index contributed by atoms with van der Waals surface area (Å²) in [5.74, 6) is -2.47. The van der Waals surface area contributed by atoms with Crippen LogP contribution in [0, 0.1) is 0 Å². The maximum atomic E-state index is 10.6. The molecule has 2 N–H and O–H groups in total. The van der Waals surface area contributed by atoms with Crippen molar-refractivity contribution in [3.05, 3.63) is 48.6 Å². The predicted octanol–water partition coefficient (Wildman–Crippen LogP) is 1.38. The van der Waals surface area contributed by atoms with Gasteiger partial charge in [-0.05, 0) is 12.2 Å². The molecule has 0 aliphatic rings. The SMILES string of the molecule is C=C/C=C\C(=C/C(=C)C(=O)O)C(=O)O. The van der Waals surface area contributed by atoms with E-state index in [1.807, 2.05) is 0 Å². The summed E-state index contributed by atoms with van der Waals surface area (Å²) in [4.78, 5) is 20.9. The van der Waals surface area contributed by atoms with E-state index in [4.69, 9.17) is 10.2 Å². The fourth-order valence-corrected chi connectivity index (χ4v) is 0.602. The molecule has 0 aromatic rings. The van der Waals surface area contributed by atoms with Crippen molar-refractivity contribution in [3.63, 3.8) is 0 Å². The first-order valence-electron chi connectivity index (χ1n) is 3.65. The van der Waals surface area contributed by atoms with Gasteiger partial charge in [0.2, 0.25) is 0 Å². The Balaban J connectivity index is 4.91. The highest BCUT2D eigenvalue weighted by Gasteiger charge is 2.06. The van der Waals surface area contributed by atoms with E-state index < -0.39 is 11.9 Å². The lowest BCUT2D eigenvalue weighted by atomic mass is 10.1. The topological polar surface area (TPSA) is 74.6 Å². The number of aliphatic carboxylic acids is 2. The van der Waals surface area contributed by atoms with E-state index in [2.05, 4.69) is 13.2 Å². The van der Waals surface area contributed by atoms with Crippen molar-refractivity contribution in [2.24, 2.45) is 0 Å². The third-order valence-corrected chi connectivity index (χ3v) is 1.26. The third-order valence-electron chi connectivity index (χ3n) is 1.26. The van der Waals surface area contributed by atoms with Crippen LogP contribution in [-0.2, 0) is 9.59 Å². The van der Waals surface area contributed by atoms with Gasteiger partial charge >= 0.3 is 11.9 Å². The van der Waals surface area contributed by atoms with Gasteiger partial charge in [-0.15, -0.1) is 0 Å². The second-order valence-electron chi connectivity index (χ2n) is 2.33. The van der Waals surface area contributed by atoms with Gasteiger partial charge in [0, 0.05) is 0 Å². The summed E-state index contributed by atoms with van der Waals surface area (Å²) in [5.41, 5.74) is -0.437. The van der Waals surface area contributed by atoms with E-state index in [1.165, 1.54) is 18.2 Å². The molecule has 0 fully saturated rings. The maximum Gasteiger partial charge on any atom is 0.335 e. The zero-order valence-electron chi connectivity index (χ0n) is 7.43. The minimum atomic E-state index is -1.25. The molecule has 0 bridgehead atoms. The molecule has 4 nitrogen and oxygen atoms in total. The molecule has 0 aliphatic carbocycles. The van der Waals surface area contributed by atoms with Gasteiger partial charge in [0.1, 0.15) is 0 Å². The second kappa shape index (κ2) is 5.53. The smallest absolute Gasteiger partial charge is 0.335 e. The highest BCUT2D eigenvalue weighted by atomic mass is 16.4. The Hall–Kier alpha value is -2.10. The molecule has 0 aromatic heterocycles. The number of carboxylic acid groups (broad SMARTS) is 2. The summed E-state index contributed by atoms with van der Waals surface area (Å²) >= 11 is 0. The van der Waals surface area contributed by atoms with Crippen molar-refractivity contribution in [2.45, 2.75) is 0 Å². The van der Waals surface area contributed by atoms with Gasteiger partial charge in [-0.25, -0.2) is 9.59 Å². The summed E-state index contributed by atoms with van der Waals surface area (Å²) in [6, 6.07) is 0. The van der Waals surface area contributed by atoms with Crippen LogP contribution in [0.2, 0.25) is 0 Å². The number of rotatable bonds is 5. The molecule has 0 spiro atoms. The van der Waals surface area contributed by atoms with E-state index in [0.717, 1.165) is 6.08 Å². The van der Waals surface area contributed by atoms with Crippen LogP contribution in [0.15, 0.2) is 48.6 Å². The van der Waals surface area contributed by atoms with Crippen LogP contribution in [-0.4, -0.2) is 22.2 Å². The standard InChI is InChI=1S/C10H10O4/c1-3-4-5-8(10(13)14)6-7(2)9(11)12/h3-6H,1-2H2,(H,11,12)(H,13,14)/b5-4-,8-6+. The molecule has 0 aromatic carbocycles. The molecular formula is C10H10O4. The summed E-state index contributed by atoms with van der Waals surface area (Å²) in [7, 11) is 0. The van der Waals surface area contributed by atoms with Crippen LogP contribution in [0.25, 0.3) is 0 Å². The highest BCUT2D eigenvalue weighted by molar-refractivity contribution is 5.95. The van der Waals surface area contributed by atoms with Gasteiger partial charge in [0.05, 0.1) is 11.1 Å². The molecule has 0 amide bonds. The Morgan fingerprint density at radius 1 is 1.14 bits per heavy atom. The number of carboxylic acids is 2. The zero-order valence-corrected chi connectivity index (χ0v) is 7.43. The first kappa shape index (κ1) is 11.9. The van der Waals surface area contributed by atoms with Gasteiger partial charge in [-0.2, -0.15) is 0 Å². The summed E-state index contributed by atoms with van der Waals surface area (Å²) in [5, 5.41) is 17.1. The molecule has 14 heavy (non-hydrogen) atoms. The van der Waals surface area contributed by atoms with Crippen molar-refractivity contribution < 1.29 is 19.8 Å². The average molecular weight is 194 g/mol. The molecular weight excluding hydrogens is 184 g/mol. The molecule has 0 heterocycles. The molecule has 0 saturated heterocycles. The van der Waals surface area contributed by atoms with Crippen molar-refractivity contribution in [1.82, 2.24) is 0 Å². The lowest BCUT2D eigenvalue weighted by Gasteiger charge is -1.94. The highest BCUT2D eigenvalue weighted by Crippen LogP contribution is 2.03. The molecule has 74 valence electrons. The van der Waals surface area contributed by atoms with Crippen LogP contribution < -0.4 is 0 Å². The zero-order chi connectivity index (χ0) is 11.1. The Morgan fingerprint density at radius 2 is 1.71 bits per heavy atom. The molecule has 4 heteroatoms. The number of allylic oxidation sites excluding steroid dienone is 2. The Kier molecular flexibility index (Phi) is 4.70. The minimum absolute atomic E-state index is 0.155. The van der Waals surface area contributed by atoms with E-state index in [-0.39, 0.29) is 11.1 Å². The Morgan fingerprint density at radius 3 is 2.07 bits per heavy atom. The molecule has 0 aliphatic heterocycles. The summed E-state index contributed by atoms with van der Waals surface area (Å²) in [6.07, 6.45) is 5.00. The van der Waals surface area contributed by atoms with Gasteiger partial charge < -0.3 is 10.2 Å². The van der Waals surface area contributed by atoms with Gasteiger partial charge in [0.15, 0.2) is 0 Å². The lowest BCUT2D eigenvalue weighted by Crippen LogP contribution is -2.02. The first-order chi connectivity index (χ1) is 6.49. The predicted molar refractivity (Wildman–Crippen MR) is 51.8 cm³/mol. The van der Waals surface area contributed by atoms with Crippen LogP contribution in [0.1, 0.15) is 0 Å². The number of hydrogen-bond acceptors (Lipinski definition) is 2. The van der Waals surface area contributed by atoms with Crippen molar-refractivity contribution in [2.75, 3.05) is 0 Å². The lowest BCUT2D eigenvalue weighted by molar-refractivity contribution is -0.132. The van der Waals surface area contributed by atoms with Gasteiger partial charge in [-0.1, -0.05) is 25.3 Å². The van der Waals surface area contributed by atoms with Crippen molar-refractivity contribution in [3.8, 4) is 0 Å². The molecule has 0 unspecified atom stereocenters. The molecule has 0 atom stereocenters. The van der Waals surface area contributed by atoms with E-state index in [9.17, 15) is 9.59 Å². The molecule has 0 rings (SSSR count). The van der Waals surface area contributed by atoms with Crippen LogP contribution in [0.5, 0.6) is 0 Å². The fourth-order valence-electron chi connectivity index (χ4n) is 0.602. The normalized spacial score (nSPS) is 11.3. The van der Waals surface area contributed by atoms with Crippen molar-refractivity contribution in [1.29, 1.82) is 0 Å². The molecule has 0 saturated carbocycles. The quantitative estimate of drug-likeness (QED) is 0.512. The first-order valence-corrected chi connectivity index (χ1v) is 3.65. The largest absolute Gasteiger partial charge is 0.478 e. The maximum absolute atomic E-state index is 10.6. The second-order valence-corrected chi connectivity index (χ2v) is 2.33. The Bertz CT molecular complexity index is 334. The van der Waals surface area contributed by atoms with Crippen LogP contribution in [0.3, 0.4) is 0 Å². The molecule has 0 radical (unpaired) electrons.